The number of nitrogens with one attached hydrogen (secondary N) is 1. The molecule has 2 aromatic rings. The second-order valence-electron chi connectivity index (χ2n) is 5.83. The molecule has 2 rings (SSSR count). The molecule has 0 bridgehead atoms. The van der Waals surface area contributed by atoms with Gasteiger partial charge in [0.2, 0.25) is 11.8 Å². The number of nitrogens with zero attached hydrogens (tertiary/aromatic N) is 1. The van der Waals surface area contributed by atoms with Crippen molar-refractivity contribution in [3.8, 4) is 11.5 Å². The van der Waals surface area contributed by atoms with Crippen LogP contribution in [0.5, 0.6) is 11.5 Å². The van der Waals surface area contributed by atoms with Gasteiger partial charge in [0, 0.05) is 19.5 Å². The first-order valence-corrected chi connectivity index (χ1v) is 8.46. The molecule has 0 heterocycles. The number of methoxy groups -OCH3 is 2. The molecule has 144 valence electrons. The minimum absolute atomic E-state index is 0.184. The number of amides is 2. The van der Waals surface area contributed by atoms with E-state index >= 15 is 0 Å². The fourth-order valence-corrected chi connectivity index (χ4v) is 2.61. The van der Waals surface area contributed by atoms with Crippen LogP contribution in [0.4, 0.5) is 10.1 Å². The molecule has 0 aliphatic carbocycles. The maximum Gasteiger partial charge on any atom is 0.240 e. The summed E-state index contributed by atoms with van der Waals surface area (Å²) in [6.07, 6.45) is 0.362. The highest BCUT2D eigenvalue weighted by molar-refractivity contribution is 5.98. The molecule has 7 heteroatoms. The van der Waals surface area contributed by atoms with Gasteiger partial charge in [-0.2, -0.15) is 0 Å². The Morgan fingerprint density at radius 2 is 1.85 bits per heavy atom. The summed E-state index contributed by atoms with van der Waals surface area (Å²) < 4.78 is 24.1. The molecule has 27 heavy (non-hydrogen) atoms. The van der Waals surface area contributed by atoms with E-state index in [2.05, 4.69) is 5.32 Å². The summed E-state index contributed by atoms with van der Waals surface area (Å²) in [6.45, 7) is 1.45. The summed E-state index contributed by atoms with van der Waals surface area (Å²) in [4.78, 5) is 25.7. The maximum absolute atomic E-state index is 13.6. The van der Waals surface area contributed by atoms with Crippen LogP contribution in [0.2, 0.25) is 0 Å². The smallest absolute Gasteiger partial charge is 0.240 e. The lowest BCUT2D eigenvalue weighted by Crippen LogP contribution is -2.40. The zero-order valence-corrected chi connectivity index (χ0v) is 15.6. The fraction of sp³-hybridized carbons (Fsp3) is 0.300. The van der Waals surface area contributed by atoms with Crippen molar-refractivity contribution in [2.24, 2.45) is 0 Å². The first-order chi connectivity index (χ1) is 13.0. The number of halogens is 1. The SMILES string of the molecule is COc1ccc(OC)c(N(CC(=O)NCCc2ccccc2F)C(C)=O)c1. The number of rotatable bonds is 8. The van der Waals surface area contributed by atoms with Crippen LogP contribution in [0.25, 0.3) is 0 Å². The van der Waals surface area contributed by atoms with Gasteiger partial charge in [-0.05, 0) is 30.2 Å². The van der Waals surface area contributed by atoms with Crippen LogP contribution >= 0.6 is 0 Å². The van der Waals surface area contributed by atoms with Crippen LogP contribution in [-0.4, -0.2) is 39.1 Å². The molecule has 0 aliphatic rings. The Labute approximate surface area is 157 Å². The molecule has 0 atom stereocenters. The van der Waals surface area contributed by atoms with Gasteiger partial charge in [0.1, 0.15) is 23.9 Å². The average Bonchev–Trinajstić information content (AvgIpc) is 2.67. The summed E-state index contributed by atoms with van der Waals surface area (Å²) in [7, 11) is 3.00. The lowest BCUT2D eigenvalue weighted by molar-refractivity contribution is -0.123. The van der Waals surface area contributed by atoms with Gasteiger partial charge in [-0.15, -0.1) is 0 Å². The normalized spacial score (nSPS) is 10.2. The largest absolute Gasteiger partial charge is 0.497 e. The second kappa shape index (κ2) is 9.56. The molecule has 2 aromatic carbocycles. The number of benzene rings is 2. The summed E-state index contributed by atoms with van der Waals surface area (Å²) in [6, 6.07) is 11.4. The zero-order valence-electron chi connectivity index (χ0n) is 15.6. The Morgan fingerprint density at radius 3 is 2.48 bits per heavy atom. The Balaban J connectivity index is 2.04. The number of ether oxygens (including phenoxy) is 2. The summed E-state index contributed by atoms with van der Waals surface area (Å²) >= 11 is 0. The van der Waals surface area contributed by atoms with Crippen molar-refractivity contribution in [3.63, 3.8) is 0 Å². The molecule has 1 N–H and O–H groups in total. The topological polar surface area (TPSA) is 67.9 Å². The minimum atomic E-state index is -0.355. The summed E-state index contributed by atoms with van der Waals surface area (Å²) in [5.41, 5.74) is 0.962. The standard InChI is InChI=1S/C20H23FN2O4/c1-14(24)23(18-12-16(26-2)8-9-19(18)27-3)13-20(25)22-11-10-15-6-4-5-7-17(15)21/h4-9,12H,10-11,13H2,1-3H3,(H,22,25). The van der Waals surface area contributed by atoms with Gasteiger partial charge < -0.3 is 14.8 Å². The van der Waals surface area contributed by atoms with Crippen molar-refractivity contribution in [3.05, 3.63) is 53.8 Å². The number of anilines is 1. The van der Waals surface area contributed by atoms with E-state index in [0.29, 0.717) is 29.2 Å². The third-order valence-electron chi connectivity index (χ3n) is 4.03. The molecule has 0 aliphatic heterocycles. The summed E-state index contributed by atoms with van der Waals surface area (Å²) in [5, 5.41) is 2.71. The second-order valence-corrected chi connectivity index (χ2v) is 5.83. The average molecular weight is 374 g/mol. The van der Waals surface area contributed by atoms with Gasteiger partial charge in [0.15, 0.2) is 0 Å². The van der Waals surface area contributed by atoms with Gasteiger partial charge in [0.05, 0.1) is 19.9 Å². The highest BCUT2D eigenvalue weighted by Crippen LogP contribution is 2.32. The van der Waals surface area contributed by atoms with Crippen molar-refractivity contribution in [2.45, 2.75) is 13.3 Å². The van der Waals surface area contributed by atoms with Crippen molar-refractivity contribution >= 4 is 17.5 Å². The van der Waals surface area contributed by atoms with E-state index in [4.69, 9.17) is 9.47 Å². The number of hydrogen-bond donors (Lipinski definition) is 1. The fourth-order valence-electron chi connectivity index (χ4n) is 2.61. The molecular formula is C20H23FN2O4. The Kier molecular flexibility index (Phi) is 7.16. The lowest BCUT2D eigenvalue weighted by Gasteiger charge is -2.23. The third kappa shape index (κ3) is 5.44. The van der Waals surface area contributed by atoms with Crippen LogP contribution < -0.4 is 19.7 Å². The van der Waals surface area contributed by atoms with Gasteiger partial charge in [-0.1, -0.05) is 18.2 Å². The van der Waals surface area contributed by atoms with E-state index in [1.165, 1.54) is 32.1 Å². The minimum Gasteiger partial charge on any atom is -0.497 e. The third-order valence-corrected chi connectivity index (χ3v) is 4.03. The predicted octanol–water partition coefficient (Wildman–Crippen LogP) is 2.55. The van der Waals surface area contributed by atoms with Crippen LogP contribution in [-0.2, 0) is 16.0 Å². The zero-order chi connectivity index (χ0) is 19.8. The van der Waals surface area contributed by atoms with Crippen molar-refractivity contribution in [1.29, 1.82) is 0 Å². The molecule has 0 radical (unpaired) electrons. The quantitative estimate of drug-likeness (QED) is 0.771. The van der Waals surface area contributed by atoms with Gasteiger partial charge in [-0.25, -0.2) is 4.39 Å². The monoisotopic (exact) mass is 374 g/mol. The van der Waals surface area contributed by atoms with E-state index in [0.717, 1.165) is 0 Å². The molecular weight excluding hydrogens is 351 g/mol. The Hall–Kier alpha value is -3.09. The lowest BCUT2D eigenvalue weighted by atomic mass is 10.1. The van der Waals surface area contributed by atoms with Crippen LogP contribution in [0.1, 0.15) is 12.5 Å². The Morgan fingerprint density at radius 1 is 1.11 bits per heavy atom. The molecule has 6 nitrogen and oxygen atoms in total. The predicted molar refractivity (Wildman–Crippen MR) is 101 cm³/mol. The molecule has 0 unspecified atom stereocenters. The van der Waals surface area contributed by atoms with E-state index in [1.807, 2.05) is 0 Å². The molecule has 0 aromatic heterocycles. The van der Waals surface area contributed by atoms with Gasteiger partial charge >= 0.3 is 0 Å². The van der Waals surface area contributed by atoms with Gasteiger partial charge in [0.25, 0.3) is 0 Å². The van der Waals surface area contributed by atoms with E-state index < -0.39 is 0 Å². The molecule has 0 fully saturated rings. The van der Waals surface area contributed by atoms with E-state index in [1.54, 1.807) is 36.4 Å². The van der Waals surface area contributed by atoms with E-state index in [9.17, 15) is 14.0 Å². The van der Waals surface area contributed by atoms with Gasteiger partial charge in [-0.3, -0.25) is 14.5 Å². The number of carbonyl (C=O) groups is 2. The van der Waals surface area contributed by atoms with Crippen molar-refractivity contribution in [1.82, 2.24) is 5.32 Å². The van der Waals surface area contributed by atoms with Crippen LogP contribution in [0.3, 0.4) is 0 Å². The maximum atomic E-state index is 13.6. The van der Waals surface area contributed by atoms with E-state index in [-0.39, 0.29) is 30.7 Å². The first kappa shape index (κ1) is 20.2. The molecule has 0 saturated heterocycles. The molecule has 0 saturated carbocycles. The first-order valence-electron chi connectivity index (χ1n) is 8.46. The molecule has 2 amide bonds. The highest BCUT2D eigenvalue weighted by Gasteiger charge is 2.20. The van der Waals surface area contributed by atoms with Crippen molar-refractivity contribution in [2.75, 3.05) is 32.2 Å². The highest BCUT2D eigenvalue weighted by atomic mass is 19.1. The number of carbonyl (C=O) groups excluding carboxylic acids is 2. The Bertz CT molecular complexity index is 810. The van der Waals surface area contributed by atoms with Crippen molar-refractivity contribution < 1.29 is 23.5 Å². The van der Waals surface area contributed by atoms with Crippen LogP contribution in [0, 0.1) is 5.82 Å². The molecule has 0 spiro atoms. The number of hydrogen-bond acceptors (Lipinski definition) is 4. The van der Waals surface area contributed by atoms with Crippen LogP contribution in [0.15, 0.2) is 42.5 Å². The summed E-state index contributed by atoms with van der Waals surface area (Å²) in [5.74, 6) is 0.0117.